The highest BCUT2D eigenvalue weighted by atomic mass is 16.3. The lowest BCUT2D eigenvalue weighted by atomic mass is 9.92. The van der Waals surface area contributed by atoms with E-state index in [0.29, 0.717) is 5.75 Å². The van der Waals surface area contributed by atoms with Gasteiger partial charge in [0.1, 0.15) is 5.75 Å². The van der Waals surface area contributed by atoms with Crippen molar-refractivity contribution in [2.75, 3.05) is 0 Å². The molecular weight excluding hydrogens is 328 g/mol. The smallest absolute Gasteiger partial charge is 0.116 e. The molecule has 0 saturated carbocycles. The molecule has 4 aromatic carbocycles. The van der Waals surface area contributed by atoms with Crippen molar-refractivity contribution in [1.82, 2.24) is 0 Å². The summed E-state index contributed by atoms with van der Waals surface area (Å²) in [6, 6.07) is 35.3. The van der Waals surface area contributed by atoms with Crippen molar-refractivity contribution in [3.8, 4) is 16.9 Å². The summed E-state index contributed by atoms with van der Waals surface area (Å²) in [5.74, 6) is 0.297. The summed E-state index contributed by atoms with van der Waals surface area (Å²) in [6.45, 7) is 0. The molecule has 0 spiro atoms. The van der Waals surface area contributed by atoms with Crippen molar-refractivity contribution in [3.05, 3.63) is 125 Å². The zero-order valence-electron chi connectivity index (χ0n) is 15.2. The Morgan fingerprint density at radius 2 is 1.07 bits per heavy atom. The first-order valence-corrected chi connectivity index (χ1v) is 9.27. The molecule has 27 heavy (non-hydrogen) atoms. The second-order valence-corrected chi connectivity index (χ2v) is 6.86. The average Bonchev–Trinajstić information content (AvgIpc) is 2.71. The van der Waals surface area contributed by atoms with Crippen LogP contribution in [0.3, 0.4) is 0 Å². The van der Waals surface area contributed by atoms with E-state index < -0.39 is 0 Å². The van der Waals surface area contributed by atoms with E-state index in [-0.39, 0.29) is 0 Å². The number of hydrogen-bond acceptors (Lipinski definition) is 1. The highest BCUT2D eigenvalue weighted by molar-refractivity contribution is 5.66. The van der Waals surface area contributed by atoms with Crippen LogP contribution in [0, 0.1) is 0 Å². The Kier molecular flexibility index (Phi) is 5.02. The van der Waals surface area contributed by atoms with E-state index in [1.807, 2.05) is 18.2 Å². The van der Waals surface area contributed by atoms with Crippen LogP contribution in [0.4, 0.5) is 0 Å². The van der Waals surface area contributed by atoms with Crippen LogP contribution in [-0.2, 0) is 12.8 Å². The van der Waals surface area contributed by atoms with Crippen molar-refractivity contribution in [3.63, 3.8) is 0 Å². The number of aromatic hydroxyl groups is 1. The van der Waals surface area contributed by atoms with Crippen LogP contribution >= 0.6 is 0 Å². The highest BCUT2D eigenvalue weighted by Crippen LogP contribution is 2.28. The molecule has 0 atom stereocenters. The third kappa shape index (κ3) is 4.27. The molecule has 4 aromatic rings. The molecule has 132 valence electrons. The van der Waals surface area contributed by atoms with Crippen LogP contribution in [0.25, 0.3) is 11.1 Å². The van der Waals surface area contributed by atoms with Crippen LogP contribution < -0.4 is 0 Å². The molecule has 0 aliphatic heterocycles. The van der Waals surface area contributed by atoms with E-state index in [4.69, 9.17) is 0 Å². The van der Waals surface area contributed by atoms with Crippen molar-refractivity contribution < 1.29 is 5.11 Å². The summed E-state index contributed by atoms with van der Waals surface area (Å²) < 4.78 is 0. The number of hydrogen-bond donors (Lipinski definition) is 1. The summed E-state index contributed by atoms with van der Waals surface area (Å²) in [7, 11) is 0. The van der Waals surface area contributed by atoms with Crippen molar-refractivity contribution in [2.24, 2.45) is 0 Å². The highest BCUT2D eigenvalue weighted by Gasteiger charge is 2.08. The Labute approximate surface area is 160 Å². The van der Waals surface area contributed by atoms with E-state index in [9.17, 15) is 5.11 Å². The van der Waals surface area contributed by atoms with Gasteiger partial charge in [-0.15, -0.1) is 0 Å². The van der Waals surface area contributed by atoms with Gasteiger partial charge in [-0.3, -0.25) is 0 Å². The third-order valence-electron chi connectivity index (χ3n) is 4.86. The van der Waals surface area contributed by atoms with Gasteiger partial charge in [-0.1, -0.05) is 91.0 Å². The Hall–Kier alpha value is -3.32. The average molecular weight is 350 g/mol. The molecule has 0 aliphatic carbocycles. The molecule has 1 N–H and O–H groups in total. The van der Waals surface area contributed by atoms with Gasteiger partial charge in [0.05, 0.1) is 0 Å². The molecule has 0 saturated heterocycles. The maximum atomic E-state index is 9.83. The van der Waals surface area contributed by atoms with Gasteiger partial charge in [0.25, 0.3) is 0 Å². The maximum absolute atomic E-state index is 9.83. The zero-order valence-corrected chi connectivity index (χ0v) is 15.2. The van der Waals surface area contributed by atoms with Gasteiger partial charge in [0, 0.05) is 0 Å². The Morgan fingerprint density at radius 3 is 1.70 bits per heavy atom. The van der Waals surface area contributed by atoms with Crippen LogP contribution in [0.5, 0.6) is 5.75 Å². The summed E-state index contributed by atoms with van der Waals surface area (Å²) in [5, 5.41) is 9.83. The first kappa shape index (κ1) is 17.1. The maximum Gasteiger partial charge on any atom is 0.116 e. The van der Waals surface area contributed by atoms with Gasteiger partial charge in [-0.05, 0) is 58.4 Å². The molecule has 0 aromatic heterocycles. The quantitative estimate of drug-likeness (QED) is 0.451. The largest absolute Gasteiger partial charge is 0.508 e. The molecule has 0 unspecified atom stereocenters. The summed E-state index contributed by atoms with van der Waals surface area (Å²) >= 11 is 0. The SMILES string of the molecule is Oc1cccc(-c2ccc(Cc3ccccc3)c(Cc3ccccc3)c2)c1. The van der Waals surface area contributed by atoms with Gasteiger partial charge in [-0.25, -0.2) is 0 Å². The Morgan fingerprint density at radius 1 is 0.481 bits per heavy atom. The molecule has 0 bridgehead atoms. The summed E-state index contributed by atoms with van der Waals surface area (Å²) in [5.41, 5.74) is 7.46. The van der Waals surface area contributed by atoms with Crippen molar-refractivity contribution in [1.29, 1.82) is 0 Å². The van der Waals surface area contributed by atoms with E-state index in [1.54, 1.807) is 6.07 Å². The molecule has 0 heterocycles. The van der Waals surface area contributed by atoms with E-state index >= 15 is 0 Å². The molecule has 0 aliphatic rings. The van der Waals surface area contributed by atoms with Crippen LogP contribution in [0.2, 0.25) is 0 Å². The lowest BCUT2D eigenvalue weighted by Gasteiger charge is -2.13. The van der Waals surface area contributed by atoms with Gasteiger partial charge < -0.3 is 5.11 Å². The number of benzene rings is 4. The third-order valence-corrected chi connectivity index (χ3v) is 4.86. The van der Waals surface area contributed by atoms with Gasteiger partial charge in [-0.2, -0.15) is 0 Å². The van der Waals surface area contributed by atoms with Gasteiger partial charge in [0.2, 0.25) is 0 Å². The zero-order chi connectivity index (χ0) is 18.5. The molecule has 4 rings (SSSR count). The minimum absolute atomic E-state index is 0.297. The van der Waals surface area contributed by atoms with Gasteiger partial charge in [0.15, 0.2) is 0 Å². The first-order chi connectivity index (χ1) is 13.3. The lowest BCUT2D eigenvalue weighted by Crippen LogP contribution is -1.98. The second-order valence-electron chi connectivity index (χ2n) is 6.86. The van der Waals surface area contributed by atoms with Crippen LogP contribution in [0.1, 0.15) is 22.3 Å². The fourth-order valence-corrected chi connectivity index (χ4v) is 3.46. The summed E-state index contributed by atoms with van der Waals surface area (Å²) in [4.78, 5) is 0. The second kappa shape index (κ2) is 7.92. The standard InChI is InChI=1S/C26H22O/c27-26-13-7-12-22(19-26)24-15-14-23(16-20-8-3-1-4-9-20)25(18-24)17-21-10-5-2-6-11-21/h1-15,18-19,27H,16-17H2. The number of rotatable bonds is 5. The monoisotopic (exact) mass is 350 g/mol. The van der Waals surface area contributed by atoms with Gasteiger partial charge >= 0.3 is 0 Å². The lowest BCUT2D eigenvalue weighted by molar-refractivity contribution is 0.475. The minimum atomic E-state index is 0.297. The molecule has 0 amide bonds. The molecule has 0 radical (unpaired) electrons. The molecule has 1 heteroatoms. The normalized spacial score (nSPS) is 10.7. The van der Waals surface area contributed by atoms with E-state index in [2.05, 4.69) is 78.9 Å². The number of phenolic OH excluding ortho intramolecular Hbond substituents is 1. The number of phenols is 1. The molecular formula is C26H22O. The molecule has 0 fully saturated rings. The fourth-order valence-electron chi connectivity index (χ4n) is 3.46. The van der Waals surface area contributed by atoms with E-state index in [1.165, 1.54) is 22.3 Å². The van der Waals surface area contributed by atoms with Crippen LogP contribution in [0.15, 0.2) is 103 Å². The topological polar surface area (TPSA) is 20.2 Å². The first-order valence-electron chi connectivity index (χ1n) is 9.27. The predicted molar refractivity (Wildman–Crippen MR) is 112 cm³/mol. The molecule has 1 nitrogen and oxygen atoms in total. The Bertz CT molecular complexity index is 1020. The fraction of sp³-hybridized carbons (Fsp3) is 0.0769. The van der Waals surface area contributed by atoms with Crippen molar-refractivity contribution in [2.45, 2.75) is 12.8 Å². The van der Waals surface area contributed by atoms with E-state index in [0.717, 1.165) is 24.0 Å². The summed E-state index contributed by atoms with van der Waals surface area (Å²) in [6.07, 6.45) is 1.82. The Balaban J connectivity index is 1.73. The minimum Gasteiger partial charge on any atom is -0.508 e. The van der Waals surface area contributed by atoms with Crippen molar-refractivity contribution >= 4 is 0 Å². The predicted octanol–water partition coefficient (Wildman–Crippen LogP) is 6.24. The van der Waals surface area contributed by atoms with Crippen LogP contribution in [-0.4, -0.2) is 5.11 Å².